The summed E-state index contributed by atoms with van der Waals surface area (Å²) in [6.07, 6.45) is 2.87. The highest BCUT2D eigenvalue weighted by molar-refractivity contribution is 7.86. The van der Waals surface area contributed by atoms with Gasteiger partial charge in [0.15, 0.2) is 0 Å². The van der Waals surface area contributed by atoms with E-state index in [1.807, 2.05) is 27.7 Å². The Labute approximate surface area is 155 Å². The molecule has 1 fully saturated rings. The molecule has 8 heteroatoms. The van der Waals surface area contributed by atoms with Gasteiger partial charge < -0.3 is 4.18 Å². The number of nitrogens with one attached hydrogen (secondary N) is 1. The van der Waals surface area contributed by atoms with Crippen LogP contribution < -0.4 is 14.4 Å². The summed E-state index contributed by atoms with van der Waals surface area (Å²) in [5.74, 6) is 0.0680. The van der Waals surface area contributed by atoms with Crippen molar-refractivity contribution in [2.75, 3.05) is 17.7 Å². The molecule has 1 aromatic carbocycles. The maximum atomic E-state index is 12.0. The van der Waals surface area contributed by atoms with Crippen LogP contribution in [-0.4, -0.2) is 33.2 Å². The van der Waals surface area contributed by atoms with Gasteiger partial charge in [0.25, 0.3) is 0 Å². The highest BCUT2D eigenvalue weighted by Gasteiger charge is 2.26. The highest BCUT2D eigenvalue weighted by atomic mass is 32.2. The lowest BCUT2D eigenvalue weighted by atomic mass is 9.93. The zero-order chi connectivity index (χ0) is 19.9. The second-order valence-electron chi connectivity index (χ2n) is 5.78. The molecule has 0 radical (unpaired) electrons. The molecule has 0 atom stereocenters. The summed E-state index contributed by atoms with van der Waals surface area (Å²) in [4.78, 5) is 24.6. The first-order valence-electron chi connectivity index (χ1n) is 8.90. The summed E-state index contributed by atoms with van der Waals surface area (Å²) < 4.78 is 28.3. The topological polar surface area (TPSA) is 92.8 Å². The lowest BCUT2D eigenvalue weighted by Gasteiger charge is -2.27. The Morgan fingerprint density at radius 3 is 2.31 bits per heavy atom. The van der Waals surface area contributed by atoms with Gasteiger partial charge in [0.1, 0.15) is 5.75 Å². The number of imide groups is 1. The molecule has 0 bridgehead atoms. The van der Waals surface area contributed by atoms with Crippen molar-refractivity contribution < 1.29 is 22.2 Å². The van der Waals surface area contributed by atoms with E-state index in [1.165, 1.54) is 4.90 Å². The molecule has 2 rings (SSSR count). The fourth-order valence-corrected chi connectivity index (χ4v) is 3.27. The van der Waals surface area contributed by atoms with E-state index < -0.39 is 16.1 Å². The van der Waals surface area contributed by atoms with Crippen LogP contribution in [0.2, 0.25) is 0 Å². The third kappa shape index (κ3) is 5.72. The molecule has 7 nitrogen and oxygen atoms in total. The Bertz CT molecular complexity index is 742. The molecule has 0 spiro atoms. The molecule has 1 N–H and O–H groups in total. The molecule has 1 aliphatic rings. The number of anilines is 1. The third-order valence-electron chi connectivity index (χ3n) is 4.03. The maximum Gasteiger partial charge on any atom is 0.328 e. The Balaban J connectivity index is 0.00000163. The number of amides is 3. The Kier molecular flexibility index (Phi) is 8.08. The van der Waals surface area contributed by atoms with Gasteiger partial charge in [-0.05, 0) is 30.4 Å². The second-order valence-corrected chi connectivity index (χ2v) is 7.35. The number of carbonyl (C=O) groups excluding carboxylic acids is 2. The maximum absolute atomic E-state index is 12.0. The molecule has 26 heavy (non-hydrogen) atoms. The van der Waals surface area contributed by atoms with Crippen molar-refractivity contribution in [1.29, 1.82) is 0 Å². The molecule has 1 heterocycles. The van der Waals surface area contributed by atoms with Gasteiger partial charge in [-0.15, -0.1) is 0 Å². The van der Waals surface area contributed by atoms with Crippen LogP contribution >= 0.6 is 0 Å². The van der Waals surface area contributed by atoms with Crippen molar-refractivity contribution in [2.45, 2.75) is 52.9 Å². The largest absolute Gasteiger partial charge is 0.382 e. The number of benzene rings is 1. The predicted octanol–water partition coefficient (Wildman–Crippen LogP) is 3.40. The quantitative estimate of drug-likeness (QED) is 0.759. The van der Waals surface area contributed by atoms with Crippen LogP contribution in [0.4, 0.5) is 10.5 Å². The van der Waals surface area contributed by atoms with Crippen molar-refractivity contribution in [3.05, 3.63) is 23.8 Å². The molecule has 1 aliphatic heterocycles. The lowest BCUT2D eigenvalue weighted by Crippen LogP contribution is -2.49. The number of nitrogens with zero attached hydrogens (tertiary/aromatic N) is 1. The van der Waals surface area contributed by atoms with Crippen LogP contribution in [0, 0.1) is 0 Å². The van der Waals surface area contributed by atoms with E-state index >= 15 is 0 Å². The van der Waals surface area contributed by atoms with Crippen molar-refractivity contribution in [3.63, 3.8) is 0 Å². The van der Waals surface area contributed by atoms with Gasteiger partial charge in [-0.25, -0.2) is 4.79 Å². The van der Waals surface area contributed by atoms with Gasteiger partial charge in [0, 0.05) is 24.7 Å². The zero-order valence-corrected chi connectivity index (χ0v) is 16.9. The van der Waals surface area contributed by atoms with E-state index in [2.05, 4.69) is 5.32 Å². The molecule has 1 aromatic rings. The van der Waals surface area contributed by atoms with E-state index in [4.69, 9.17) is 4.18 Å². The average Bonchev–Trinajstić information content (AvgIpc) is 2.57. The molecule has 1 saturated heterocycles. The van der Waals surface area contributed by atoms with Gasteiger partial charge in [0.05, 0.1) is 6.26 Å². The van der Waals surface area contributed by atoms with E-state index in [0.29, 0.717) is 5.69 Å². The van der Waals surface area contributed by atoms with E-state index in [0.717, 1.165) is 24.7 Å². The van der Waals surface area contributed by atoms with Gasteiger partial charge in [-0.2, -0.15) is 8.42 Å². The molecular formula is C18H28N2O5S. The van der Waals surface area contributed by atoms with E-state index in [1.54, 1.807) is 18.2 Å². The number of carbonyl (C=O) groups is 2. The van der Waals surface area contributed by atoms with Crippen LogP contribution in [0.3, 0.4) is 0 Å². The van der Waals surface area contributed by atoms with Crippen molar-refractivity contribution >= 4 is 27.7 Å². The smallest absolute Gasteiger partial charge is 0.328 e. The summed E-state index contributed by atoms with van der Waals surface area (Å²) >= 11 is 0. The third-order valence-corrected chi connectivity index (χ3v) is 4.51. The van der Waals surface area contributed by atoms with Crippen LogP contribution in [0.1, 0.15) is 58.4 Å². The fourth-order valence-electron chi connectivity index (χ4n) is 2.80. The minimum Gasteiger partial charge on any atom is -0.382 e. The Hall–Kier alpha value is -2.09. The van der Waals surface area contributed by atoms with E-state index in [9.17, 15) is 18.0 Å². The van der Waals surface area contributed by atoms with Crippen LogP contribution in [0.5, 0.6) is 5.75 Å². The molecule has 0 aliphatic carbocycles. The zero-order valence-electron chi connectivity index (χ0n) is 16.0. The molecule has 146 valence electrons. The normalized spacial score (nSPS) is 14.6. The first-order valence-corrected chi connectivity index (χ1v) is 10.7. The molecule has 0 saturated carbocycles. The first-order chi connectivity index (χ1) is 12.2. The second kappa shape index (κ2) is 9.56. The minimum atomic E-state index is -3.69. The van der Waals surface area contributed by atoms with Crippen molar-refractivity contribution in [2.24, 2.45) is 0 Å². The number of hydrogen-bond acceptors (Lipinski definition) is 5. The van der Waals surface area contributed by atoms with E-state index in [-0.39, 0.29) is 30.5 Å². The summed E-state index contributed by atoms with van der Waals surface area (Å²) in [5.41, 5.74) is 1.29. The number of rotatable bonds is 6. The van der Waals surface area contributed by atoms with Crippen molar-refractivity contribution in [1.82, 2.24) is 5.32 Å². The average molecular weight is 384 g/mol. The summed E-state index contributed by atoms with van der Waals surface area (Å²) in [5, 5.41) is 2.24. The van der Waals surface area contributed by atoms with Gasteiger partial charge in [0.2, 0.25) is 5.91 Å². The number of urea groups is 1. The van der Waals surface area contributed by atoms with Crippen LogP contribution in [-0.2, 0) is 14.9 Å². The number of hydrogen-bond donors (Lipinski definition) is 1. The Morgan fingerprint density at radius 2 is 1.81 bits per heavy atom. The summed E-state index contributed by atoms with van der Waals surface area (Å²) in [7, 11) is -3.69. The first kappa shape index (κ1) is 22.0. The highest BCUT2D eigenvalue weighted by Crippen LogP contribution is 2.35. The molecule has 0 aromatic heterocycles. The van der Waals surface area contributed by atoms with Crippen LogP contribution in [0.15, 0.2) is 18.2 Å². The monoisotopic (exact) mass is 384 g/mol. The van der Waals surface area contributed by atoms with Gasteiger partial charge >= 0.3 is 16.1 Å². The SMILES string of the molecule is CC.CCC(CC)c1ccc(N2CCC(=O)NC2=O)cc1OS(C)(=O)=O. The lowest BCUT2D eigenvalue weighted by molar-refractivity contribution is -0.120. The van der Waals surface area contributed by atoms with Crippen LogP contribution in [0.25, 0.3) is 0 Å². The predicted molar refractivity (Wildman–Crippen MR) is 102 cm³/mol. The summed E-state index contributed by atoms with van der Waals surface area (Å²) in [6, 6.07) is 4.56. The molecule has 0 unspecified atom stereocenters. The Morgan fingerprint density at radius 1 is 1.19 bits per heavy atom. The fraction of sp³-hybridized carbons (Fsp3) is 0.556. The minimum absolute atomic E-state index is 0.160. The molecular weight excluding hydrogens is 356 g/mol. The van der Waals surface area contributed by atoms with Gasteiger partial charge in [-0.1, -0.05) is 33.8 Å². The van der Waals surface area contributed by atoms with Gasteiger partial charge in [-0.3, -0.25) is 15.0 Å². The standard InChI is InChI=1S/C16H22N2O5S.C2H6/c1-4-11(5-2)13-7-6-12(10-14(13)23-24(3,21)22)18-9-8-15(19)17-16(18)20;1-2/h6-7,10-11H,4-5,8-9H2,1-3H3,(H,17,19,20);1-2H3. The summed E-state index contributed by atoms with van der Waals surface area (Å²) in [6.45, 7) is 8.29. The molecule has 3 amide bonds. The van der Waals surface area contributed by atoms with Crippen molar-refractivity contribution in [3.8, 4) is 5.75 Å².